The van der Waals surface area contributed by atoms with Crippen molar-refractivity contribution in [1.29, 1.82) is 0 Å². The maximum atomic E-state index is 9.56. The zero-order valence-electron chi connectivity index (χ0n) is 4.02. The van der Waals surface area contributed by atoms with E-state index in [2.05, 4.69) is 4.74 Å². The first kappa shape index (κ1) is 4.62. The molecule has 2 nitrogen and oxygen atoms in total. The zero-order valence-corrected chi connectivity index (χ0v) is 4.02. The van der Waals surface area contributed by atoms with Crippen molar-refractivity contribution in [3.63, 3.8) is 0 Å². The molecular weight excluding hydrogens is 92.1 g/mol. The van der Waals surface area contributed by atoms with Gasteiger partial charge in [-0.05, 0) is 19.3 Å². The van der Waals surface area contributed by atoms with Gasteiger partial charge in [0.15, 0.2) is 6.10 Å². The molecule has 0 unspecified atom stereocenters. The van der Waals surface area contributed by atoms with Gasteiger partial charge < -0.3 is 4.74 Å². The lowest BCUT2D eigenvalue weighted by Gasteiger charge is -2.20. The maximum absolute atomic E-state index is 9.56. The molecule has 1 aliphatic carbocycles. The number of carbonyl (C=O) groups excluding carboxylic acids is 1. The van der Waals surface area contributed by atoms with Gasteiger partial charge in [-0.1, -0.05) is 0 Å². The molecule has 1 radical (unpaired) electrons. The summed E-state index contributed by atoms with van der Waals surface area (Å²) in [5.74, 6) is 0. The van der Waals surface area contributed by atoms with E-state index < -0.39 is 0 Å². The van der Waals surface area contributed by atoms with Gasteiger partial charge in [0.05, 0.1) is 0 Å². The van der Waals surface area contributed by atoms with E-state index in [9.17, 15) is 4.79 Å². The molecule has 39 valence electrons. The van der Waals surface area contributed by atoms with Gasteiger partial charge in [0, 0.05) is 0 Å². The summed E-state index contributed by atoms with van der Waals surface area (Å²) in [5.41, 5.74) is 0. The van der Waals surface area contributed by atoms with Crippen LogP contribution in [0.2, 0.25) is 0 Å². The molecule has 0 atom stereocenters. The molecule has 0 heterocycles. The second kappa shape index (κ2) is 1.96. The predicted octanol–water partition coefficient (Wildman–Crippen LogP) is 0.875. The van der Waals surface area contributed by atoms with Crippen molar-refractivity contribution in [1.82, 2.24) is 0 Å². The second-order valence-corrected chi connectivity index (χ2v) is 1.61. The Bertz CT molecular complexity index is 66.5. The zero-order chi connectivity index (χ0) is 5.11. The van der Waals surface area contributed by atoms with E-state index in [-0.39, 0.29) is 0 Å². The number of carbonyl (C=O) groups is 1. The van der Waals surface area contributed by atoms with Crippen molar-refractivity contribution in [2.24, 2.45) is 0 Å². The molecule has 0 bridgehead atoms. The van der Waals surface area contributed by atoms with E-state index in [1.54, 1.807) is 0 Å². The largest absolute Gasteiger partial charge is 0.457 e. The molecule has 0 N–H and O–H groups in total. The summed E-state index contributed by atoms with van der Waals surface area (Å²) < 4.78 is 4.51. The van der Waals surface area contributed by atoms with E-state index >= 15 is 0 Å². The number of hydrogen-bond acceptors (Lipinski definition) is 2. The third kappa shape index (κ3) is 0.918. The average Bonchev–Trinajstić information content (AvgIpc) is 1.55. The van der Waals surface area contributed by atoms with Gasteiger partial charge in [0.2, 0.25) is 0 Å². The predicted molar refractivity (Wildman–Crippen MR) is 24.2 cm³/mol. The van der Waals surface area contributed by atoms with Crippen molar-refractivity contribution in [2.75, 3.05) is 0 Å². The van der Waals surface area contributed by atoms with Crippen LogP contribution in [0.3, 0.4) is 0 Å². The first-order chi connectivity index (χ1) is 3.43. The van der Waals surface area contributed by atoms with Crippen LogP contribution >= 0.6 is 0 Å². The highest BCUT2D eigenvalue weighted by atomic mass is 16.5. The quantitative estimate of drug-likeness (QED) is 0.480. The molecule has 1 aliphatic rings. The van der Waals surface area contributed by atoms with Crippen LogP contribution in [-0.4, -0.2) is 6.47 Å². The summed E-state index contributed by atoms with van der Waals surface area (Å²) >= 11 is 0. The minimum atomic E-state index is 0.495. The Kier molecular flexibility index (Phi) is 1.29. The third-order valence-electron chi connectivity index (χ3n) is 1.13. The molecule has 0 aliphatic heterocycles. The highest BCUT2D eigenvalue weighted by Crippen LogP contribution is 2.28. The Balaban J connectivity index is 2.03. The Morgan fingerprint density at radius 1 is 1.57 bits per heavy atom. The minimum Gasteiger partial charge on any atom is -0.457 e. The minimum absolute atomic E-state index is 0.495. The summed E-state index contributed by atoms with van der Waals surface area (Å²) in [6.45, 7) is 0.495. The molecule has 1 fully saturated rings. The molecule has 0 aromatic rings. The van der Waals surface area contributed by atoms with Crippen molar-refractivity contribution >= 4 is 6.47 Å². The van der Waals surface area contributed by atoms with Gasteiger partial charge in [-0.2, -0.15) is 0 Å². The Morgan fingerprint density at radius 3 is 2.43 bits per heavy atom. The summed E-state index contributed by atoms with van der Waals surface area (Å²) in [6.07, 6.45) is 4.09. The molecule has 1 rings (SSSR count). The van der Waals surface area contributed by atoms with E-state index in [0.29, 0.717) is 6.47 Å². The molecule has 0 spiro atoms. The monoisotopic (exact) mass is 99.0 g/mol. The molecule has 0 aromatic heterocycles. The van der Waals surface area contributed by atoms with Crippen LogP contribution in [0.15, 0.2) is 0 Å². The smallest absolute Gasteiger partial charge is 0.293 e. The van der Waals surface area contributed by atoms with Crippen LogP contribution in [0.5, 0.6) is 0 Å². The normalized spacial score (nSPS) is 20.6. The molecule has 0 amide bonds. The van der Waals surface area contributed by atoms with E-state index in [0.717, 1.165) is 18.9 Å². The number of hydrogen-bond donors (Lipinski definition) is 0. The lowest BCUT2D eigenvalue weighted by molar-refractivity contribution is -0.129. The SMILES string of the molecule is O=CO[C]1CCC1. The summed E-state index contributed by atoms with van der Waals surface area (Å²) in [6, 6.07) is 0. The van der Waals surface area contributed by atoms with Gasteiger partial charge in [-0.15, -0.1) is 0 Å². The van der Waals surface area contributed by atoms with E-state index in [4.69, 9.17) is 0 Å². The van der Waals surface area contributed by atoms with Crippen LogP contribution in [0.1, 0.15) is 19.3 Å². The van der Waals surface area contributed by atoms with Crippen LogP contribution < -0.4 is 0 Å². The topological polar surface area (TPSA) is 26.3 Å². The fourth-order valence-electron chi connectivity index (χ4n) is 0.507. The first-order valence-corrected chi connectivity index (χ1v) is 2.38. The third-order valence-corrected chi connectivity index (χ3v) is 1.13. The van der Waals surface area contributed by atoms with Gasteiger partial charge in [-0.25, -0.2) is 0 Å². The van der Waals surface area contributed by atoms with Crippen LogP contribution in [0.25, 0.3) is 0 Å². The highest BCUT2D eigenvalue weighted by molar-refractivity contribution is 5.39. The van der Waals surface area contributed by atoms with Crippen LogP contribution in [0, 0.1) is 6.10 Å². The summed E-state index contributed by atoms with van der Waals surface area (Å²) in [7, 11) is 0. The van der Waals surface area contributed by atoms with Gasteiger partial charge in [-0.3, -0.25) is 4.79 Å². The molecular formula is C5H7O2. The molecule has 7 heavy (non-hydrogen) atoms. The molecule has 2 heteroatoms. The fraction of sp³-hybridized carbons (Fsp3) is 0.600. The van der Waals surface area contributed by atoms with Crippen LogP contribution in [-0.2, 0) is 9.53 Å². The summed E-state index contributed by atoms with van der Waals surface area (Å²) in [5, 5.41) is 0. The van der Waals surface area contributed by atoms with Gasteiger partial charge >= 0.3 is 0 Å². The maximum Gasteiger partial charge on any atom is 0.293 e. The number of ether oxygens (including phenoxy) is 1. The van der Waals surface area contributed by atoms with E-state index in [1.807, 2.05) is 0 Å². The van der Waals surface area contributed by atoms with Crippen molar-refractivity contribution in [2.45, 2.75) is 19.3 Å². The second-order valence-electron chi connectivity index (χ2n) is 1.61. The summed E-state index contributed by atoms with van der Waals surface area (Å²) in [4.78, 5) is 9.56. The average molecular weight is 99.1 g/mol. The molecule has 0 aromatic carbocycles. The fourth-order valence-corrected chi connectivity index (χ4v) is 0.507. The number of rotatable bonds is 2. The van der Waals surface area contributed by atoms with Crippen LogP contribution in [0.4, 0.5) is 0 Å². The van der Waals surface area contributed by atoms with Crippen molar-refractivity contribution < 1.29 is 9.53 Å². The first-order valence-electron chi connectivity index (χ1n) is 2.38. The van der Waals surface area contributed by atoms with E-state index in [1.165, 1.54) is 6.42 Å². The molecule has 0 saturated heterocycles. The highest BCUT2D eigenvalue weighted by Gasteiger charge is 2.19. The van der Waals surface area contributed by atoms with Gasteiger partial charge in [0.1, 0.15) is 0 Å². The van der Waals surface area contributed by atoms with Crippen molar-refractivity contribution in [3.8, 4) is 0 Å². The lowest BCUT2D eigenvalue weighted by atomic mass is 9.96. The Morgan fingerprint density at radius 2 is 2.29 bits per heavy atom. The molecule has 1 saturated carbocycles. The Hall–Kier alpha value is -0.530. The lowest BCUT2D eigenvalue weighted by Crippen LogP contribution is -2.10. The van der Waals surface area contributed by atoms with Crippen molar-refractivity contribution in [3.05, 3.63) is 6.10 Å². The van der Waals surface area contributed by atoms with Gasteiger partial charge in [0.25, 0.3) is 6.47 Å². The Labute approximate surface area is 42.5 Å². The standard InChI is InChI=1S/C5H7O2/c6-4-7-5-2-1-3-5/h4H,1-3H2.